The summed E-state index contributed by atoms with van der Waals surface area (Å²) >= 11 is 0. The lowest BCUT2D eigenvalue weighted by molar-refractivity contribution is -0.688. The van der Waals surface area contributed by atoms with Crippen molar-refractivity contribution in [2.24, 2.45) is 0 Å². The van der Waals surface area contributed by atoms with Crippen LogP contribution in [-0.2, 0) is 6.54 Å². The van der Waals surface area contributed by atoms with E-state index in [0.717, 1.165) is 6.54 Å². The summed E-state index contributed by atoms with van der Waals surface area (Å²) in [6.45, 7) is 3.23. The monoisotopic (exact) mass is 469 g/mol. The van der Waals surface area contributed by atoms with Gasteiger partial charge in [0.1, 0.15) is 0 Å². The molecule has 0 atom stereocenters. The van der Waals surface area contributed by atoms with Crippen LogP contribution in [0.3, 0.4) is 0 Å². The summed E-state index contributed by atoms with van der Waals surface area (Å²) in [5, 5.41) is 0. The average Bonchev–Trinajstić information content (AvgIpc) is 2.83. The molecule has 1 aromatic heterocycles. The molecule has 0 unspecified atom stereocenters. The van der Waals surface area contributed by atoms with Crippen LogP contribution in [0.4, 0.5) is 0 Å². The maximum atomic E-state index is 2.35. The predicted molar refractivity (Wildman–Crippen MR) is 141 cm³/mol. The number of unbranched alkanes of at least 4 members (excludes halogenated alkanes) is 15. The number of rotatable bonds is 19. The molecule has 0 amide bonds. The Bertz CT molecular complexity index is 693. The molecule has 0 spiro atoms. The van der Waals surface area contributed by atoms with Crippen LogP contribution < -0.4 is 17.0 Å². The molecular weight excluding hydrogens is 422 g/mol. The van der Waals surface area contributed by atoms with Crippen LogP contribution in [0.2, 0.25) is 0 Å². The van der Waals surface area contributed by atoms with Gasteiger partial charge in [0.2, 0.25) is 0 Å². The Morgan fingerprint density at radius 2 is 1.09 bits per heavy atom. The minimum absolute atomic E-state index is 0. The Morgan fingerprint density at radius 3 is 1.61 bits per heavy atom. The van der Waals surface area contributed by atoms with E-state index in [-0.39, 0.29) is 12.4 Å². The van der Waals surface area contributed by atoms with Gasteiger partial charge >= 0.3 is 0 Å². The zero-order valence-corrected chi connectivity index (χ0v) is 22.0. The number of allylic oxidation sites excluding steroid dienone is 1. The molecule has 0 aliphatic rings. The predicted octanol–water partition coefficient (Wildman–Crippen LogP) is 6.30. The van der Waals surface area contributed by atoms with Gasteiger partial charge in [0.25, 0.3) is 0 Å². The average molecular weight is 470 g/mol. The van der Waals surface area contributed by atoms with Crippen molar-refractivity contribution in [3.8, 4) is 0 Å². The first kappa shape index (κ1) is 29.4. The summed E-state index contributed by atoms with van der Waals surface area (Å²) in [4.78, 5) is 0. The summed E-state index contributed by atoms with van der Waals surface area (Å²) in [5.74, 6) is 0. The molecule has 33 heavy (non-hydrogen) atoms. The van der Waals surface area contributed by atoms with Crippen molar-refractivity contribution in [2.45, 2.75) is 116 Å². The van der Waals surface area contributed by atoms with E-state index in [1.54, 1.807) is 0 Å². The molecule has 0 N–H and O–H groups in total. The van der Waals surface area contributed by atoms with E-state index < -0.39 is 0 Å². The van der Waals surface area contributed by atoms with Gasteiger partial charge in [-0.05, 0) is 18.4 Å². The highest BCUT2D eigenvalue weighted by Gasteiger charge is 2.01. The third-order valence-electron chi connectivity index (χ3n) is 6.41. The molecule has 0 saturated carbocycles. The summed E-state index contributed by atoms with van der Waals surface area (Å²) in [7, 11) is 0. The number of pyridine rings is 1. The fraction of sp³-hybridized carbons (Fsp3) is 0.581. The maximum Gasteiger partial charge on any atom is 0.173 e. The van der Waals surface area contributed by atoms with Crippen LogP contribution in [0.15, 0.2) is 60.9 Å². The Morgan fingerprint density at radius 1 is 0.606 bits per heavy atom. The van der Waals surface area contributed by atoms with Gasteiger partial charge in [0, 0.05) is 17.7 Å². The summed E-state index contributed by atoms with van der Waals surface area (Å²) in [6, 6.07) is 15.1. The third kappa shape index (κ3) is 15.8. The lowest BCUT2D eigenvalue weighted by Gasteiger charge is -2.03. The van der Waals surface area contributed by atoms with Crippen LogP contribution in [0.25, 0.3) is 6.08 Å². The fourth-order valence-electron chi connectivity index (χ4n) is 4.33. The van der Waals surface area contributed by atoms with Crippen molar-refractivity contribution >= 4 is 6.08 Å². The number of halogens is 1. The third-order valence-corrected chi connectivity index (χ3v) is 6.41. The van der Waals surface area contributed by atoms with Crippen LogP contribution in [0.5, 0.6) is 0 Å². The Balaban J connectivity index is 0.00000544. The van der Waals surface area contributed by atoms with Crippen molar-refractivity contribution in [3.05, 3.63) is 72.1 Å². The number of nitrogens with zero attached hydrogens (tertiary/aromatic N) is 1. The smallest absolute Gasteiger partial charge is 0.173 e. The quantitative estimate of drug-likeness (QED) is 0.168. The second kappa shape index (κ2) is 21.0. The highest BCUT2D eigenvalue weighted by atomic mass is 35.5. The molecule has 1 nitrogen and oxygen atoms in total. The first-order valence-corrected chi connectivity index (χ1v) is 13.6. The molecule has 184 valence electrons. The molecule has 2 aromatic rings. The van der Waals surface area contributed by atoms with E-state index in [1.807, 2.05) is 0 Å². The highest BCUT2D eigenvalue weighted by molar-refractivity contribution is 5.47. The lowest BCUT2D eigenvalue weighted by Crippen LogP contribution is -3.00. The van der Waals surface area contributed by atoms with E-state index >= 15 is 0 Å². The SMILES string of the molecule is CCCCCCCCCCCCCCCCC/C=C\c1cc[n+](Cc2ccccc2)cc1.[Cl-]. The van der Waals surface area contributed by atoms with Crippen LogP contribution in [-0.4, -0.2) is 0 Å². The van der Waals surface area contributed by atoms with Crippen molar-refractivity contribution in [2.75, 3.05) is 0 Å². The van der Waals surface area contributed by atoms with E-state index in [4.69, 9.17) is 0 Å². The number of benzene rings is 1. The number of hydrogen-bond acceptors (Lipinski definition) is 0. The summed E-state index contributed by atoms with van der Waals surface area (Å²) < 4.78 is 2.24. The van der Waals surface area contributed by atoms with Gasteiger partial charge in [-0.3, -0.25) is 0 Å². The van der Waals surface area contributed by atoms with E-state index in [0.29, 0.717) is 0 Å². The van der Waals surface area contributed by atoms with Gasteiger partial charge in [0.15, 0.2) is 18.9 Å². The largest absolute Gasteiger partial charge is 1.00 e. The van der Waals surface area contributed by atoms with Crippen LogP contribution in [0, 0.1) is 0 Å². The summed E-state index contributed by atoms with van der Waals surface area (Å²) in [5.41, 5.74) is 2.64. The van der Waals surface area contributed by atoms with Crippen molar-refractivity contribution in [3.63, 3.8) is 0 Å². The molecule has 0 aliphatic carbocycles. The molecule has 0 fully saturated rings. The maximum absolute atomic E-state index is 2.35. The van der Waals surface area contributed by atoms with Crippen LogP contribution in [0.1, 0.15) is 121 Å². The second-order valence-corrected chi connectivity index (χ2v) is 9.43. The van der Waals surface area contributed by atoms with Gasteiger partial charge in [-0.2, -0.15) is 0 Å². The zero-order valence-electron chi connectivity index (χ0n) is 21.2. The van der Waals surface area contributed by atoms with E-state index in [1.165, 1.54) is 114 Å². The molecule has 1 aromatic carbocycles. The van der Waals surface area contributed by atoms with Crippen LogP contribution >= 0.6 is 0 Å². The Kier molecular flexibility index (Phi) is 18.7. The highest BCUT2D eigenvalue weighted by Crippen LogP contribution is 2.14. The molecular formula is C31H48ClN. The molecule has 0 saturated heterocycles. The molecule has 2 rings (SSSR count). The number of hydrogen-bond donors (Lipinski definition) is 0. The second-order valence-electron chi connectivity index (χ2n) is 9.43. The first-order chi connectivity index (χ1) is 15.9. The lowest BCUT2D eigenvalue weighted by atomic mass is 10.0. The van der Waals surface area contributed by atoms with Crippen molar-refractivity contribution < 1.29 is 17.0 Å². The standard InChI is InChI=1S/C31H48N.ClH/c1-2-3-4-5-6-7-8-9-10-11-12-13-14-15-16-17-19-22-30-25-27-32(28-26-30)29-31-23-20-18-21-24-31;/h18-28H,2-17,29H2,1H3;1H/q+1;/p-1/b22-19-;. The molecule has 2 heteroatoms. The molecule has 0 radical (unpaired) electrons. The first-order valence-electron chi connectivity index (χ1n) is 13.6. The normalized spacial score (nSPS) is 11.1. The molecule has 0 bridgehead atoms. The number of aromatic nitrogens is 1. The van der Waals surface area contributed by atoms with Gasteiger partial charge in [-0.1, -0.05) is 139 Å². The molecule has 1 heterocycles. The Labute approximate surface area is 211 Å². The van der Waals surface area contributed by atoms with Gasteiger partial charge in [-0.25, -0.2) is 4.57 Å². The Hall–Kier alpha value is -1.60. The summed E-state index contributed by atoms with van der Waals surface area (Å²) in [6.07, 6.45) is 31.7. The van der Waals surface area contributed by atoms with Gasteiger partial charge < -0.3 is 12.4 Å². The van der Waals surface area contributed by atoms with Crippen molar-refractivity contribution in [1.29, 1.82) is 0 Å². The minimum atomic E-state index is 0. The topological polar surface area (TPSA) is 3.88 Å². The van der Waals surface area contributed by atoms with E-state index in [9.17, 15) is 0 Å². The minimum Gasteiger partial charge on any atom is -1.00 e. The van der Waals surface area contributed by atoms with E-state index in [2.05, 4.69) is 78.5 Å². The fourth-order valence-corrected chi connectivity index (χ4v) is 4.33. The van der Waals surface area contributed by atoms with Gasteiger partial charge in [0.05, 0.1) is 0 Å². The van der Waals surface area contributed by atoms with Crippen molar-refractivity contribution in [1.82, 2.24) is 0 Å². The molecule has 0 aliphatic heterocycles. The zero-order chi connectivity index (χ0) is 22.5. The van der Waals surface area contributed by atoms with Gasteiger partial charge in [-0.15, -0.1) is 0 Å².